The van der Waals surface area contributed by atoms with E-state index in [2.05, 4.69) is 58.0 Å². The molecule has 0 spiro atoms. The van der Waals surface area contributed by atoms with Crippen molar-refractivity contribution < 1.29 is 5.11 Å². The molecule has 5 rings (SSSR count). The van der Waals surface area contributed by atoms with Crippen LogP contribution in [0.25, 0.3) is 0 Å². The summed E-state index contributed by atoms with van der Waals surface area (Å²) < 4.78 is 0. The summed E-state index contributed by atoms with van der Waals surface area (Å²) >= 11 is 0. The van der Waals surface area contributed by atoms with E-state index in [1.165, 1.54) is 50.5 Å². The first-order chi connectivity index (χ1) is 15.2. The monoisotopic (exact) mass is 437 g/mol. The Kier molecular flexibility index (Phi) is 5.81. The van der Waals surface area contributed by atoms with Gasteiger partial charge in [-0.3, -0.25) is 0 Å². The predicted molar refractivity (Wildman–Crippen MR) is 133 cm³/mol. The van der Waals surface area contributed by atoms with E-state index in [9.17, 15) is 5.11 Å². The van der Waals surface area contributed by atoms with Crippen LogP contribution in [0.3, 0.4) is 0 Å². The molecule has 0 amide bonds. The highest BCUT2D eigenvalue weighted by Gasteiger charge is 2.63. The number of aliphatic hydroxyl groups is 1. The van der Waals surface area contributed by atoms with Crippen LogP contribution in [0, 0.1) is 45.8 Å². The van der Waals surface area contributed by atoms with Gasteiger partial charge in [-0.25, -0.2) is 0 Å². The van der Waals surface area contributed by atoms with Crippen LogP contribution >= 0.6 is 0 Å². The van der Waals surface area contributed by atoms with Gasteiger partial charge in [0.1, 0.15) is 0 Å². The summed E-state index contributed by atoms with van der Waals surface area (Å²) in [4.78, 5) is 0. The molecule has 0 saturated heterocycles. The second-order valence-corrected chi connectivity index (χ2v) is 13.3. The van der Waals surface area contributed by atoms with Gasteiger partial charge in [-0.05, 0) is 116 Å². The van der Waals surface area contributed by atoms with E-state index in [0.29, 0.717) is 28.7 Å². The molecule has 4 fully saturated rings. The molecule has 0 heterocycles. The number of fused-ring (bicyclic) bond motifs is 5. The molecule has 4 aliphatic carbocycles. The van der Waals surface area contributed by atoms with Gasteiger partial charge in [0, 0.05) is 6.04 Å². The molecule has 0 aliphatic heterocycles. The van der Waals surface area contributed by atoms with Gasteiger partial charge in [-0.1, -0.05) is 58.0 Å². The van der Waals surface area contributed by atoms with Crippen molar-refractivity contribution in [2.45, 2.75) is 104 Å². The zero-order valence-corrected chi connectivity index (χ0v) is 21.0. The minimum Gasteiger partial charge on any atom is -0.393 e. The van der Waals surface area contributed by atoms with Gasteiger partial charge < -0.3 is 10.8 Å². The lowest BCUT2D eigenvalue weighted by Crippen LogP contribution is -2.60. The fourth-order valence-electron chi connectivity index (χ4n) is 9.97. The molecule has 3 N–H and O–H groups in total. The lowest BCUT2D eigenvalue weighted by Gasteiger charge is -2.65. The number of rotatable bonds is 4. The first-order valence-corrected chi connectivity index (χ1v) is 13.7. The average Bonchev–Trinajstić information content (AvgIpc) is 3.13. The van der Waals surface area contributed by atoms with Crippen molar-refractivity contribution >= 4 is 0 Å². The Hall–Kier alpha value is -0.860. The highest BCUT2D eigenvalue weighted by molar-refractivity contribution is 5.16. The maximum absolute atomic E-state index is 10.8. The molecule has 178 valence electrons. The van der Waals surface area contributed by atoms with Crippen LogP contribution in [0.15, 0.2) is 30.3 Å². The Bertz CT molecular complexity index is 804. The van der Waals surface area contributed by atoms with Gasteiger partial charge in [0.15, 0.2) is 0 Å². The van der Waals surface area contributed by atoms with Crippen LogP contribution in [0.2, 0.25) is 0 Å². The van der Waals surface area contributed by atoms with Crippen molar-refractivity contribution in [2.75, 3.05) is 0 Å². The number of aliphatic hydroxyl groups excluding tert-OH is 1. The molecule has 1 aromatic carbocycles. The fraction of sp³-hybridized carbons (Fsp3) is 0.800. The first-order valence-electron chi connectivity index (χ1n) is 13.7. The lowest BCUT2D eigenvalue weighted by molar-refractivity contribution is -0.184. The molecule has 32 heavy (non-hydrogen) atoms. The highest BCUT2D eigenvalue weighted by atomic mass is 16.3. The van der Waals surface area contributed by atoms with E-state index in [1.54, 1.807) is 0 Å². The number of aryl methyl sites for hydroxylation is 1. The quantitative estimate of drug-likeness (QED) is 0.557. The van der Waals surface area contributed by atoms with Gasteiger partial charge in [0.2, 0.25) is 0 Å². The second kappa shape index (κ2) is 8.12. The fourth-order valence-corrected chi connectivity index (χ4v) is 9.97. The molecule has 1 aromatic rings. The third-order valence-corrected chi connectivity index (χ3v) is 11.8. The zero-order valence-electron chi connectivity index (χ0n) is 21.0. The first kappa shape index (κ1) is 22.9. The van der Waals surface area contributed by atoms with Crippen LogP contribution in [0.1, 0.15) is 91.0 Å². The van der Waals surface area contributed by atoms with E-state index < -0.39 is 0 Å². The normalized spacial score (nSPS) is 46.1. The molecule has 4 aliphatic rings. The third-order valence-electron chi connectivity index (χ3n) is 11.8. The van der Waals surface area contributed by atoms with Crippen LogP contribution in [-0.2, 0) is 6.42 Å². The number of benzene rings is 1. The molecular formula is C30H47NO. The Balaban J connectivity index is 1.32. The summed E-state index contributed by atoms with van der Waals surface area (Å²) in [6.45, 7) is 9.98. The van der Waals surface area contributed by atoms with Gasteiger partial charge in [0.05, 0.1) is 6.10 Å². The van der Waals surface area contributed by atoms with Gasteiger partial charge >= 0.3 is 0 Å². The van der Waals surface area contributed by atoms with Gasteiger partial charge in [-0.2, -0.15) is 0 Å². The van der Waals surface area contributed by atoms with Crippen molar-refractivity contribution in [2.24, 2.45) is 51.6 Å². The minimum atomic E-state index is -0.123. The molecule has 2 nitrogen and oxygen atoms in total. The Morgan fingerprint density at radius 3 is 2.22 bits per heavy atom. The molecule has 0 aromatic heterocycles. The summed E-state index contributed by atoms with van der Waals surface area (Å²) in [6.07, 6.45) is 12.5. The maximum atomic E-state index is 10.8. The van der Waals surface area contributed by atoms with E-state index in [4.69, 9.17) is 5.73 Å². The zero-order chi connectivity index (χ0) is 22.7. The lowest BCUT2D eigenvalue weighted by atomic mass is 9.40. The summed E-state index contributed by atoms with van der Waals surface area (Å²) in [5.74, 6) is 3.90. The largest absolute Gasteiger partial charge is 0.393 e. The molecule has 9 atom stereocenters. The van der Waals surface area contributed by atoms with E-state index in [1.807, 2.05) is 0 Å². The van der Waals surface area contributed by atoms with Crippen LogP contribution in [-0.4, -0.2) is 17.3 Å². The minimum absolute atomic E-state index is 0.0632. The third kappa shape index (κ3) is 3.42. The van der Waals surface area contributed by atoms with Crippen LogP contribution < -0.4 is 5.73 Å². The van der Waals surface area contributed by atoms with Crippen molar-refractivity contribution in [3.8, 4) is 0 Å². The van der Waals surface area contributed by atoms with Crippen molar-refractivity contribution in [3.05, 3.63) is 35.9 Å². The molecule has 4 saturated carbocycles. The molecule has 1 unspecified atom stereocenters. The number of nitrogens with two attached hydrogens (primary N) is 1. The average molecular weight is 438 g/mol. The highest BCUT2D eigenvalue weighted by Crippen LogP contribution is 2.70. The van der Waals surface area contributed by atoms with E-state index >= 15 is 0 Å². The molecule has 0 radical (unpaired) electrons. The summed E-state index contributed by atoms with van der Waals surface area (Å²) in [5.41, 5.74) is 9.30. The smallest absolute Gasteiger partial charge is 0.0594 e. The summed E-state index contributed by atoms with van der Waals surface area (Å²) in [6, 6.07) is 11.2. The van der Waals surface area contributed by atoms with Gasteiger partial charge in [-0.15, -0.1) is 0 Å². The van der Waals surface area contributed by atoms with Crippen molar-refractivity contribution in [1.82, 2.24) is 0 Å². The molecule has 2 heteroatoms. The molecular weight excluding hydrogens is 390 g/mol. The summed E-state index contributed by atoms with van der Waals surface area (Å²) in [5, 5.41) is 10.8. The number of hydrogen-bond donors (Lipinski definition) is 2. The van der Waals surface area contributed by atoms with E-state index in [0.717, 1.165) is 37.0 Å². The van der Waals surface area contributed by atoms with Gasteiger partial charge in [0.25, 0.3) is 0 Å². The Morgan fingerprint density at radius 1 is 0.844 bits per heavy atom. The Labute approximate surface area is 196 Å². The van der Waals surface area contributed by atoms with Crippen molar-refractivity contribution in [3.63, 3.8) is 0 Å². The SMILES string of the molecule is CC1(C)[C@@H](O)CC[C@]2(C)[C@H]3CC[C@@H]4[C@@H](C(N)CCc5ccccc5)CC[C@@]4(C)[C@@H]3CC[C@@H]12. The maximum Gasteiger partial charge on any atom is 0.0594 e. The number of hydrogen-bond acceptors (Lipinski definition) is 2. The van der Waals surface area contributed by atoms with E-state index in [-0.39, 0.29) is 11.5 Å². The topological polar surface area (TPSA) is 46.2 Å². The standard InChI is InChI=1S/C30H47NO/c1-28(2)26-15-13-23-24(30(26,4)19-17-27(28)32)12-11-22-21(16-18-29(22,23)3)25(31)14-10-20-8-6-5-7-9-20/h5-9,21-27,32H,10-19,31H2,1-4H3/t21-,22+,23+,24-,25?,26-,27-,29+,30+/m0/s1. The van der Waals surface area contributed by atoms with Crippen LogP contribution in [0.5, 0.6) is 0 Å². The second-order valence-electron chi connectivity index (χ2n) is 13.3. The predicted octanol–water partition coefficient (Wildman–Crippen LogP) is 6.60. The van der Waals surface area contributed by atoms with Crippen molar-refractivity contribution in [1.29, 1.82) is 0 Å². The van der Waals surface area contributed by atoms with Crippen LogP contribution in [0.4, 0.5) is 0 Å². The molecule has 0 bridgehead atoms. The summed E-state index contributed by atoms with van der Waals surface area (Å²) in [7, 11) is 0. The Morgan fingerprint density at radius 2 is 1.47 bits per heavy atom.